The van der Waals surface area contributed by atoms with Gasteiger partial charge in [0.15, 0.2) is 0 Å². The van der Waals surface area contributed by atoms with Gasteiger partial charge in [0.2, 0.25) is 5.91 Å². The van der Waals surface area contributed by atoms with E-state index in [0.29, 0.717) is 5.69 Å². The molecule has 7 heteroatoms. The smallest absolute Gasteiger partial charge is 0.326 e. The molecule has 0 radical (unpaired) electrons. The monoisotopic (exact) mass is 279 g/mol. The number of rotatable bonds is 5. The lowest BCUT2D eigenvalue weighted by Crippen LogP contribution is -2.45. The third-order valence-corrected chi connectivity index (χ3v) is 2.65. The standard InChI is InChI=1S/C13H17N3O4/c1-7-3-4-8(2)9(5-7)15-13(20)16-10(12(18)19)6-11(14)17/h3-5,10H,6H2,1-2H3,(H2,14,17)(H,18,19)(H2,15,16,20)/t10-/m1/s1. The Hall–Kier alpha value is -2.57. The first kappa shape index (κ1) is 15.5. The van der Waals surface area contributed by atoms with Gasteiger partial charge in [0, 0.05) is 5.69 Å². The highest BCUT2D eigenvalue weighted by Crippen LogP contribution is 2.16. The zero-order chi connectivity index (χ0) is 15.3. The van der Waals surface area contributed by atoms with Crippen LogP contribution in [-0.2, 0) is 9.59 Å². The number of carboxylic acids is 1. The number of carbonyl (C=O) groups excluding carboxylic acids is 2. The first-order valence-electron chi connectivity index (χ1n) is 5.95. The Bertz CT molecular complexity index is 542. The molecule has 7 nitrogen and oxygen atoms in total. The van der Waals surface area contributed by atoms with Crippen LogP contribution in [0.2, 0.25) is 0 Å². The Labute approximate surface area is 116 Å². The van der Waals surface area contributed by atoms with Gasteiger partial charge in [-0.2, -0.15) is 0 Å². The third-order valence-electron chi connectivity index (χ3n) is 2.65. The van der Waals surface area contributed by atoms with Crippen LogP contribution >= 0.6 is 0 Å². The summed E-state index contributed by atoms with van der Waals surface area (Å²) in [6, 6.07) is 3.44. The zero-order valence-electron chi connectivity index (χ0n) is 11.3. The molecular formula is C13H17N3O4. The van der Waals surface area contributed by atoms with Crippen LogP contribution in [0.15, 0.2) is 18.2 Å². The molecule has 0 unspecified atom stereocenters. The van der Waals surface area contributed by atoms with Crippen molar-refractivity contribution in [2.45, 2.75) is 26.3 Å². The Morgan fingerprint density at radius 3 is 2.50 bits per heavy atom. The van der Waals surface area contributed by atoms with E-state index >= 15 is 0 Å². The predicted molar refractivity (Wildman–Crippen MR) is 73.3 cm³/mol. The van der Waals surface area contributed by atoms with Gasteiger partial charge in [0.05, 0.1) is 6.42 Å². The summed E-state index contributed by atoms with van der Waals surface area (Å²) >= 11 is 0. The molecule has 0 aliphatic heterocycles. The van der Waals surface area contributed by atoms with Crippen molar-refractivity contribution in [3.05, 3.63) is 29.3 Å². The maximum atomic E-state index is 11.7. The molecule has 0 heterocycles. The summed E-state index contributed by atoms with van der Waals surface area (Å²) in [4.78, 5) is 33.4. The van der Waals surface area contributed by atoms with Gasteiger partial charge in [-0.1, -0.05) is 12.1 Å². The van der Waals surface area contributed by atoms with Gasteiger partial charge >= 0.3 is 12.0 Å². The second-order valence-electron chi connectivity index (χ2n) is 4.48. The van der Waals surface area contributed by atoms with Gasteiger partial charge in [-0.3, -0.25) is 4.79 Å². The Morgan fingerprint density at radius 1 is 1.30 bits per heavy atom. The molecule has 108 valence electrons. The second-order valence-corrected chi connectivity index (χ2v) is 4.48. The molecule has 20 heavy (non-hydrogen) atoms. The Kier molecular flexibility index (Phi) is 5.08. The molecule has 0 spiro atoms. The largest absolute Gasteiger partial charge is 0.480 e. The molecule has 5 N–H and O–H groups in total. The first-order valence-corrected chi connectivity index (χ1v) is 5.95. The summed E-state index contributed by atoms with van der Waals surface area (Å²) < 4.78 is 0. The summed E-state index contributed by atoms with van der Waals surface area (Å²) in [6.07, 6.45) is -0.463. The van der Waals surface area contributed by atoms with Crippen LogP contribution in [0.3, 0.4) is 0 Å². The average molecular weight is 279 g/mol. The molecule has 0 aromatic heterocycles. The van der Waals surface area contributed by atoms with Crippen molar-refractivity contribution in [2.75, 3.05) is 5.32 Å². The van der Waals surface area contributed by atoms with Crippen LogP contribution in [0.25, 0.3) is 0 Å². The highest BCUT2D eigenvalue weighted by molar-refractivity contribution is 5.94. The van der Waals surface area contributed by atoms with E-state index in [-0.39, 0.29) is 0 Å². The molecule has 1 rings (SSSR count). The maximum Gasteiger partial charge on any atom is 0.326 e. The molecule has 0 fully saturated rings. The summed E-state index contributed by atoms with van der Waals surface area (Å²) in [5, 5.41) is 13.6. The number of hydrogen-bond acceptors (Lipinski definition) is 3. The number of carbonyl (C=O) groups is 3. The summed E-state index contributed by atoms with van der Waals surface area (Å²) in [5.74, 6) is -2.12. The number of aliphatic carboxylic acids is 1. The molecule has 3 amide bonds. The quantitative estimate of drug-likeness (QED) is 0.635. The van der Waals surface area contributed by atoms with E-state index in [0.717, 1.165) is 11.1 Å². The SMILES string of the molecule is Cc1ccc(C)c(NC(=O)N[C@H](CC(N)=O)C(=O)O)c1. The van der Waals surface area contributed by atoms with Crippen molar-refractivity contribution in [3.8, 4) is 0 Å². The fraction of sp³-hybridized carbons (Fsp3) is 0.308. The minimum atomic E-state index is -1.35. The Morgan fingerprint density at radius 2 is 1.95 bits per heavy atom. The van der Waals surface area contributed by atoms with Gasteiger partial charge in [-0.25, -0.2) is 9.59 Å². The number of urea groups is 1. The molecule has 0 saturated carbocycles. The average Bonchev–Trinajstić information content (AvgIpc) is 2.32. The predicted octanol–water partition coefficient (Wildman–Crippen LogP) is 0.754. The lowest BCUT2D eigenvalue weighted by Gasteiger charge is -2.15. The normalized spacial score (nSPS) is 11.5. The van der Waals surface area contributed by atoms with Crippen LogP contribution in [-0.4, -0.2) is 29.1 Å². The van der Waals surface area contributed by atoms with Crippen LogP contribution in [0.4, 0.5) is 10.5 Å². The molecule has 1 aromatic carbocycles. The van der Waals surface area contributed by atoms with Crippen molar-refractivity contribution in [1.82, 2.24) is 5.32 Å². The van der Waals surface area contributed by atoms with E-state index in [4.69, 9.17) is 10.8 Å². The van der Waals surface area contributed by atoms with Crippen LogP contribution in [0, 0.1) is 13.8 Å². The number of aryl methyl sites for hydroxylation is 2. The molecule has 0 bridgehead atoms. The lowest BCUT2D eigenvalue weighted by molar-refractivity contribution is -0.140. The zero-order valence-corrected chi connectivity index (χ0v) is 11.3. The molecule has 0 aliphatic rings. The molecule has 1 atom stereocenters. The lowest BCUT2D eigenvalue weighted by atomic mass is 10.1. The number of hydrogen-bond donors (Lipinski definition) is 4. The maximum absolute atomic E-state index is 11.7. The van der Waals surface area contributed by atoms with Crippen molar-refractivity contribution >= 4 is 23.6 Å². The molecular weight excluding hydrogens is 262 g/mol. The first-order chi connectivity index (χ1) is 9.29. The van der Waals surface area contributed by atoms with Gasteiger partial charge < -0.3 is 21.5 Å². The van der Waals surface area contributed by atoms with Crippen LogP contribution < -0.4 is 16.4 Å². The summed E-state index contributed by atoms with van der Waals surface area (Å²) in [5.41, 5.74) is 7.30. The van der Waals surface area contributed by atoms with E-state index < -0.39 is 30.4 Å². The number of anilines is 1. The Balaban J connectivity index is 2.72. The fourth-order valence-electron chi connectivity index (χ4n) is 1.59. The van der Waals surface area contributed by atoms with Crippen molar-refractivity contribution in [1.29, 1.82) is 0 Å². The van der Waals surface area contributed by atoms with Crippen LogP contribution in [0.1, 0.15) is 17.5 Å². The summed E-state index contributed by atoms with van der Waals surface area (Å²) in [7, 11) is 0. The van der Waals surface area contributed by atoms with Gasteiger partial charge in [0.25, 0.3) is 0 Å². The molecule has 1 aromatic rings. The van der Waals surface area contributed by atoms with E-state index in [2.05, 4.69) is 10.6 Å². The number of benzene rings is 1. The fourth-order valence-corrected chi connectivity index (χ4v) is 1.59. The number of carboxylic acid groups (broad SMARTS) is 1. The van der Waals surface area contributed by atoms with Crippen molar-refractivity contribution in [2.24, 2.45) is 5.73 Å². The van der Waals surface area contributed by atoms with Crippen molar-refractivity contribution in [3.63, 3.8) is 0 Å². The topological polar surface area (TPSA) is 122 Å². The number of primary amides is 1. The minimum Gasteiger partial charge on any atom is -0.480 e. The van der Waals surface area contributed by atoms with Crippen molar-refractivity contribution < 1.29 is 19.5 Å². The van der Waals surface area contributed by atoms with E-state index in [1.807, 2.05) is 26.0 Å². The van der Waals surface area contributed by atoms with Crippen LogP contribution in [0.5, 0.6) is 0 Å². The third kappa shape index (κ3) is 4.60. The van der Waals surface area contributed by atoms with E-state index in [1.165, 1.54) is 0 Å². The minimum absolute atomic E-state index is 0.463. The van der Waals surface area contributed by atoms with E-state index in [1.54, 1.807) is 6.07 Å². The molecule has 0 saturated heterocycles. The highest BCUT2D eigenvalue weighted by Gasteiger charge is 2.22. The second kappa shape index (κ2) is 6.55. The molecule has 0 aliphatic carbocycles. The van der Waals surface area contributed by atoms with Gasteiger partial charge in [0.1, 0.15) is 6.04 Å². The van der Waals surface area contributed by atoms with Gasteiger partial charge in [-0.15, -0.1) is 0 Å². The van der Waals surface area contributed by atoms with E-state index in [9.17, 15) is 14.4 Å². The number of nitrogens with one attached hydrogen (secondary N) is 2. The summed E-state index contributed by atoms with van der Waals surface area (Å²) in [6.45, 7) is 3.68. The number of amides is 3. The number of nitrogens with two attached hydrogens (primary N) is 1. The van der Waals surface area contributed by atoms with Gasteiger partial charge in [-0.05, 0) is 31.0 Å². The highest BCUT2D eigenvalue weighted by atomic mass is 16.4.